The quantitative estimate of drug-likeness (QED) is 0.570. The van der Waals surface area contributed by atoms with Gasteiger partial charge in [-0.1, -0.05) is 72.8 Å². The van der Waals surface area contributed by atoms with Crippen molar-refractivity contribution in [3.8, 4) is 28.0 Å². The number of aliphatic hydroxyl groups is 1. The summed E-state index contributed by atoms with van der Waals surface area (Å²) in [7, 11) is 0. The minimum Gasteiger partial charge on any atom is -0.478 e. The molecule has 1 unspecified atom stereocenters. The highest BCUT2D eigenvalue weighted by Crippen LogP contribution is 2.35. The molecule has 3 aromatic carbocycles. The van der Waals surface area contributed by atoms with Crippen LogP contribution in [0.5, 0.6) is 5.75 Å². The van der Waals surface area contributed by atoms with Gasteiger partial charge >= 0.3 is 0 Å². The monoisotopic (exact) mass is 382 g/mol. The molecule has 1 N–H and O–H groups in total. The lowest BCUT2D eigenvalue weighted by atomic mass is 9.99. The topological polar surface area (TPSA) is 29.5 Å². The van der Waals surface area contributed by atoms with Crippen molar-refractivity contribution in [1.29, 1.82) is 0 Å². The zero-order valence-electron chi connectivity index (χ0n) is 13.2. The highest BCUT2D eigenvalue weighted by Gasteiger charge is 2.12. The van der Waals surface area contributed by atoms with Gasteiger partial charge < -0.3 is 9.84 Å². The highest BCUT2D eigenvalue weighted by atomic mass is 79.9. The van der Waals surface area contributed by atoms with Gasteiger partial charge in [-0.3, -0.25) is 0 Å². The SMILES string of the molecule is OCCC(Br)Oc1cc(-c2ccccc2)ccc1-c1ccccc1. The van der Waals surface area contributed by atoms with Gasteiger partial charge in [-0.05, 0) is 38.7 Å². The molecule has 3 heteroatoms. The van der Waals surface area contributed by atoms with Crippen molar-refractivity contribution in [3.63, 3.8) is 0 Å². The van der Waals surface area contributed by atoms with Crippen molar-refractivity contribution in [2.24, 2.45) is 0 Å². The molecule has 0 aromatic heterocycles. The third-order valence-electron chi connectivity index (χ3n) is 3.78. The fraction of sp³-hybridized carbons (Fsp3) is 0.143. The summed E-state index contributed by atoms with van der Waals surface area (Å²) in [5.74, 6) is 0.804. The molecule has 0 amide bonds. The molecule has 0 fully saturated rings. The Balaban J connectivity index is 2.02. The van der Waals surface area contributed by atoms with Crippen LogP contribution < -0.4 is 4.74 Å². The predicted molar refractivity (Wildman–Crippen MR) is 102 cm³/mol. The molecular formula is C21H19BrO2. The van der Waals surface area contributed by atoms with Gasteiger partial charge in [0.15, 0.2) is 5.01 Å². The van der Waals surface area contributed by atoms with E-state index in [-0.39, 0.29) is 11.6 Å². The lowest BCUT2D eigenvalue weighted by Gasteiger charge is -2.17. The van der Waals surface area contributed by atoms with Crippen molar-refractivity contribution in [3.05, 3.63) is 78.9 Å². The molecule has 0 heterocycles. The fourth-order valence-electron chi connectivity index (χ4n) is 2.58. The van der Waals surface area contributed by atoms with Crippen LogP contribution in [0.1, 0.15) is 6.42 Å². The summed E-state index contributed by atoms with van der Waals surface area (Å²) in [6.45, 7) is 0.0783. The van der Waals surface area contributed by atoms with Crippen LogP contribution in [-0.4, -0.2) is 16.7 Å². The Labute approximate surface area is 150 Å². The first-order valence-electron chi connectivity index (χ1n) is 7.94. The maximum absolute atomic E-state index is 9.12. The van der Waals surface area contributed by atoms with Gasteiger partial charge in [0, 0.05) is 18.6 Å². The van der Waals surface area contributed by atoms with E-state index in [1.807, 2.05) is 36.4 Å². The van der Waals surface area contributed by atoms with Gasteiger partial charge in [-0.2, -0.15) is 0 Å². The molecule has 0 aliphatic heterocycles. The Morgan fingerprint density at radius 3 is 2.04 bits per heavy atom. The van der Waals surface area contributed by atoms with Gasteiger partial charge in [-0.25, -0.2) is 0 Å². The van der Waals surface area contributed by atoms with Crippen molar-refractivity contribution >= 4 is 15.9 Å². The predicted octanol–water partition coefficient (Wildman–Crippen LogP) is 5.50. The van der Waals surface area contributed by atoms with Crippen LogP contribution in [0.25, 0.3) is 22.3 Å². The summed E-state index contributed by atoms with van der Waals surface area (Å²) in [6, 6.07) is 26.7. The summed E-state index contributed by atoms with van der Waals surface area (Å²) < 4.78 is 6.06. The molecular weight excluding hydrogens is 364 g/mol. The van der Waals surface area contributed by atoms with E-state index >= 15 is 0 Å². The molecule has 3 aromatic rings. The lowest BCUT2D eigenvalue weighted by molar-refractivity contribution is 0.218. The maximum atomic E-state index is 9.12. The van der Waals surface area contributed by atoms with Crippen LogP contribution in [-0.2, 0) is 0 Å². The lowest BCUT2D eigenvalue weighted by Crippen LogP contribution is -2.10. The molecule has 0 saturated heterocycles. The molecule has 0 saturated carbocycles. The van der Waals surface area contributed by atoms with E-state index in [9.17, 15) is 0 Å². The molecule has 2 nitrogen and oxygen atoms in total. The van der Waals surface area contributed by atoms with Crippen molar-refractivity contribution in [2.75, 3.05) is 6.61 Å². The maximum Gasteiger partial charge on any atom is 0.155 e. The van der Waals surface area contributed by atoms with E-state index in [4.69, 9.17) is 9.84 Å². The van der Waals surface area contributed by atoms with Gasteiger partial charge in [0.05, 0.1) is 0 Å². The number of aliphatic hydroxyl groups excluding tert-OH is 1. The number of hydrogen-bond acceptors (Lipinski definition) is 2. The zero-order valence-corrected chi connectivity index (χ0v) is 14.8. The second-order valence-corrected chi connectivity index (χ2v) is 6.50. The van der Waals surface area contributed by atoms with Gasteiger partial charge in [0.25, 0.3) is 0 Å². The van der Waals surface area contributed by atoms with Gasteiger partial charge in [-0.15, -0.1) is 0 Å². The van der Waals surface area contributed by atoms with Crippen molar-refractivity contribution < 1.29 is 9.84 Å². The third-order valence-corrected chi connectivity index (χ3v) is 4.43. The summed E-state index contributed by atoms with van der Waals surface area (Å²) >= 11 is 3.48. The smallest absolute Gasteiger partial charge is 0.155 e. The van der Waals surface area contributed by atoms with Crippen LogP contribution in [0.15, 0.2) is 78.9 Å². The number of rotatable bonds is 6. The first-order chi connectivity index (χ1) is 11.8. The second-order valence-electron chi connectivity index (χ2n) is 5.48. The summed E-state index contributed by atoms with van der Waals surface area (Å²) in [6.07, 6.45) is 0.532. The minimum atomic E-state index is -0.226. The number of halogens is 1. The Kier molecular flexibility index (Phi) is 5.68. The summed E-state index contributed by atoms with van der Waals surface area (Å²) in [4.78, 5) is 0. The van der Waals surface area contributed by atoms with Crippen LogP contribution in [0.4, 0.5) is 0 Å². The molecule has 122 valence electrons. The van der Waals surface area contributed by atoms with Crippen LogP contribution in [0, 0.1) is 0 Å². The molecule has 0 aliphatic carbocycles. The van der Waals surface area contributed by atoms with Crippen LogP contribution in [0.2, 0.25) is 0 Å². The normalized spacial score (nSPS) is 11.9. The van der Waals surface area contributed by atoms with Crippen molar-refractivity contribution in [1.82, 2.24) is 0 Å². The second kappa shape index (κ2) is 8.13. The zero-order chi connectivity index (χ0) is 16.8. The van der Waals surface area contributed by atoms with E-state index in [1.165, 1.54) is 0 Å². The van der Waals surface area contributed by atoms with E-state index in [0.29, 0.717) is 6.42 Å². The summed E-state index contributed by atoms with van der Waals surface area (Å²) in [5.41, 5.74) is 4.40. The third kappa shape index (κ3) is 4.05. The number of hydrogen-bond donors (Lipinski definition) is 1. The summed E-state index contributed by atoms with van der Waals surface area (Å²) in [5, 5.41) is 8.90. The van der Waals surface area contributed by atoms with Gasteiger partial charge in [0.1, 0.15) is 5.75 Å². The molecule has 24 heavy (non-hydrogen) atoms. The Hall–Kier alpha value is -2.10. The average molecular weight is 383 g/mol. The van der Waals surface area contributed by atoms with Crippen LogP contribution >= 0.6 is 15.9 Å². The number of benzene rings is 3. The van der Waals surface area contributed by atoms with Crippen molar-refractivity contribution in [2.45, 2.75) is 11.4 Å². The largest absolute Gasteiger partial charge is 0.478 e. The Morgan fingerprint density at radius 2 is 1.42 bits per heavy atom. The van der Waals surface area contributed by atoms with E-state index < -0.39 is 0 Å². The Morgan fingerprint density at radius 1 is 0.792 bits per heavy atom. The van der Waals surface area contributed by atoms with E-state index in [2.05, 4.69) is 58.4 Å². The highest BCUT2D eigenvalue weighted by molar-refractivity contribution is 9.09. The molecule has 3 rings (SSSR count). The van der Waals surface area contributed by atoms with Crippen LogP contribution in [0.3, 0.4) is 0 Å². The molecule has 1 atom stereocenters. The van der Waals surface area contributed by atoms with E-state index in [0.717, 1.165) is 28.0 Å². The minimum absolute atomic E-state index is 0.0783. The number of ether oxygens (including phenoxy) is 1. The molecule has 0 bridgehead atoms. The molecule has 0 radical (unpaired) electrons. The van der Waals surface area contributed by atoms with Gasteiger partial charge in [0.2, 0.25) is 0 Å². The number of alkyl halides is 1. The average Bonchev–Trinajstić information content (AvgIpc) is 2.63. The Bertz CT molecular complexity index is 772. The first kappa shape index (κ1) is 16.7. The first-order valence-corrected chi connectivity index (χ1v) is 8.86. The molecule has 0 spiro atoms. The standard InChI is InChI=1S/C21H19BrO2/c22-21(13-14-23)24-20-15-18(16-7-3-1-4-8-16)11-12-19(20)17-9-5-2-6-10-17/h1-12,15,21,23H,13-14H2. The fourth-order valence-corrected chi connectivity index (χ4v) is 2.99. The molecule has 0 aliphatic rings. The van der Waals surface area contributed by atoms with E-state index in [1.54, 1.807) is 0 Å².